The Hall–Kier alpha value is -0.840. The quantitative estimate of drug-likeness (QED) is 0.786. The summed E-state index contributed by atoms with van der Waals surface area (Å²) < 4.78 is 10.7. The molecule has 2 heterocycles. The normalized spacial score (nSPS) is 19.4. The molecular weight excluding hydrogens is 216 g/mol. The van der Waals surface area contributed by atoms with E-state index in [9.17, 15) is 0 Å². The Morgan fingerprint density at radius 2 is 2.29 bits per heavy atom. The van der Waals surface area contributed by atoms with Gasteiger partial charge in [0.1, 0.15) is 5.76 Å². The smallest absolute Gasteiger partial charge is 0.117 e. The first-order valence-corrected chi connectivity index (χ1v) is 6.27. The van der Waals surface area contributed by atoms with Crippen LogP contribution >= 0.6 is 0 Å². The Labute approximate surface area is 103 Å². The number of piperidine rings is 1. The molecule has 0 aromatic carbocycles. The summed E-state index contributed by atoms with van der Waals surface area (Å²) in [5.41, 5.74) is 0.284. The van der Waals surface area contributed by atoms with Crippen molar-refractivity contribution in [1.29, 1.82) is 0 Å². The summed E-state index contributed by atoms with van der Waals surface area (Å²) in [6.45, 7) is 4.80. The molecule has 0 unspecified atom stereocenters. The predicted octanol–water partition coefficient (Wildman–Crippen LogP) is 1.39. The molecule has 1 aromatic rings. The molecule has 1 saturated heterocycles. The summed E-state index contributed by atoms with van der Waals surface area (Å²) in [6.07, 6.45) is 4.06. The largest absolute Gasteiger partial charge is 0.468 e. The van der Waals surface area contributed by atoms with E-state index in [4.69, 9.17) is 9.15 Å². The molecule has 0 saturated carbocycles. The van der Waals surface area contributed by atoms with Crippen molar-refractivity contribution in [3.63, 3.8) is 0 Å². The van der Waals surface area contributed by atoms with E-state index in [1.807, 2.05) is 12.1 Å². The second-order valence-electron chi connectivity index (χ2n) is 4.87. The van der Waals surface area contributed by atoms with E-state index >= 15 is 0 Å². The van der Waals surface area contributed by atoms with Crippen molar-refractivity contribution in [3.05, 3.63) is 24.2 Å². The molecule has 2 N–H and O–H groups in total. The van der Waals surface area contributed by atoms with Crippen LogP contribution in [0.2, 0.25) is 0 Å². The van der Waals surface area contributed by atoms with Crippen LogP contribution in [0.25, 0.3) is 0 Å². The highest BCUT2D eigenvalue weighted by atomic mass is 16.5. The topological polar surface area (TPSA) is 46.4 Å². The van der Waals surface area contributed by atoms with Gasteiger partial charge in [0.25, 0.3) is 0 Å². The highest BCUT2D eigenvalue weighted by molar-refractivity contribution is 4.98. The first kappa shape index (κ1) is 12.6. The molecule has 0 amide bonds. The Bertz CT molecular complexity index is 300. The van der Waals surface area contributed by atoms with Crippen LogP contribution in [0.1, 0.15) is 18.6 Å². The van der Waals surface area contributed by atoms with Crippen LogP contribution in [-0.4, -0.2) is 33.4 Å². The zero-order chi connectivity index (χ0) is 12.0. The summed E-state index contributed by atoms with van der Waals surface area (Å²) in [5, 5.41) is 6.88. The van der Waals surface area contributed by atoms with Gasteiger partial charge in [-0.1, -0.05) is 0 Å². The average molecular weight is 238 g/mol. The molecule has 0 bridgehead atoms. The fourth-order valence-corrected chi connectivity index (χ4v) is 2.50. The molecule has 1 aliphatic heterocycles. The van der Waals surface area contributed by atoms with E-state index in [0.29, 0.717) is 0 Å². The molecule has 0 atom stereocenters. The lowest BCUT2D eigenvalue weighted by molar-refractivity contribution is 0.0531. The first-order valence-electron chi connectivity index (χ1n) is 6.27. The molecule has 1 aliphatic rings. The van der Waals surface area contributed by atoms with Crippen LogP contribution in [0.15, 0.2) is 22.8 Å². The molecule has 4 nitrogen and oxygen atoms in total. The molecule has 17 heavy (non-hydrogen) atoms. The lowest BCUT2D eigenvalue weighted by Gasteiger charge is -2.37. The Morgan fingerprint density at radius 1 is 1.47 bits per heavy atom. The highest BCUT2D eigenvalue weighted by Crippen LogP contribution is 2.28. The van der Waals surface area contributed by atoms with Crippen LogP contribution in [-0.2, 0) is 11.3 Å². The van der Waals surface area contributed by atoms with Gasteiger partial charge in [0, 0.05) is 19.1 Å². The van der Waals surface area contributed by atoms with Crippen molar-refractivity contribution in [3.8, 4) is 0 Å². The third kappa shape index (κ3) is 3.56. The van der Waals surface area contributed by atoms with Gasteiger partial charge in [-0.05, 0) is 38.1 Å². The summed E-state index contributed by atoms with van der Waals surface area (Å²) in [6, 6.07) is 3.92. The van der Waals surface area contributed by atoms with Gasteiger partial charge in [-0.25, -0.2) is 0 Å². The van der Waals surface area contributed by atoms with Crippen molar-refractivity contribution in [1.82, 2.24) is 10.6 Å². The molecular formula is C13H22N2O2. The van der Waals surface area contributed by atoms with Gasteiger partial charge in [-0.15, -0.1) is 0 Å². The lowest BCUT2D eigenvalue weighted by Crippen LogP contribution is -2.45. The molecule has 1 fully saturated rings. The van der Waals surface area contributed by atoms with Gasteiger partial charge in [-0.3, -0.25) is 0 Å². The Morgan fingerprint density at radius 3 is 2.94 bits per heavy atom. The van der Waals surface area contributed by atoms with Crippen molar-refractivity contribution < 1.29 is 9.15 Å². The van der Waals surface area contributed by atoms with Gasteiger partial charge in [0.15, 0.2) is 0 Å². The standard InChI is InChI=1S/C13H22N2O2/c1-16-11-13(4-6-14-7-5-13)10-15-9-12-3-2-8-17-12/h2-3,8,14-15H,4-7,9-11H2,1H3. The highest BCUT2D eigenvalue weighted by Gasteiger charge is 2.31. The monoisotopic (exact) mass is 238 g/mol. The molecule has 0 spiro atoms. The third-order valence-corrected chi connectivity index (χ3v) is 3.49. The molecule has 2 rings (SSSR count). The SMILES string of the molecule is COCC1(CNCc2ccco2)CCNCC1. The number of hydrogen-bond donors (Lipinski definition) is 2. The minimum Gasteiger partial charge on any atom is -0.468 e. The summed E-state index contributed by atoms with van der Waals surface area (Å²) in [5.74, 6) is 0.992. The Kier molecular flexibility index (Phi) is 4.59. The van der Waals surface area contributed by atoms with E-state index in [-0.39, 0.29) is 5.41 Å². The maximum absolute atomic E-state index is 5.38. The van der Waals surface area contributed by atoms with Crippen LogP contribution in [0.4, 0.5) is 0 Å². The van der Waals surface area contributed by atoms with Crippen LogP contribution < -0.4 is 10.6 Å². The van der Waals surface area contributed by atoms with Crippen LogP contribution in [0, 0.1) is 5.41 Å². The van der Waals surface area contributed by atoms with E-state index in [1.165, 1.54) is 12.8 Å². The summed E-state index contributed by atoms with van der Waals surface area (Å²) >= 11 is 0. The minimum atomic E-state index is 0.284. The molecule has 0 radical (unpaired) electrons. The second-order valence-corrected chi connectivity index (χ2v) is 4.87. The van der Waals surface area contributed by atoms with E-state index in [0.717, 1.165) is 38.5 Å². The van der Waals surface area contributed by atoms with E-state index in [2.05, 4.69) is 10.6 Å². The maximum atomic E-state index is 5.38. The number of nitrogens with one attached hydrogen (secondary N) is 2. The van der Waals surface area contributed by atoms with Gasteiger partial charge in [-0.2, -0.15) is 0 Å². The number of hydrogen-bond acceptors (Lipinski definition) is 4. The third-order valence-electron chi connectivity index (χ3n) is 3.49. The first-order chi connectivity index (χ1) is 8.35. The van der Waals surface area contributed by atoms with Crippen molar-refractivity contribution in [2.45, 2.75) is 19.4 Å². The molecule has 1 aromatic heterocycles. The number of furan rings is 1. The van der Waals surface area contributed by atoms with Crippen LogP contribution in [0.5, 0.6) is 0 Å². The van der Waals surface area contributed by atoms with Gasteiger partial charge >= 0.3 is 0 Å². The van der Waals surface area contributed by atoms with Crippen molar-refractivity contribution in [2.24, 2.45) is 5.41 Å². The van der Waals surface area contributed by atoms with Crippen molar-refractivity contribution in [2.75, 3.05) is 33.4 Å². The average Bonchev–Trinajstić information content (AvgIpc) is 2.84. The van der Waals surface area contributed by atoms with Gasteiger partial charge in [0.05, 0.1) is 19.4 Å². The predicted molar refractivity (Wildman–Crippen MR) is 66.8 cm³/mol. The van der Waals surface area contributed by atoms with Crippen molar-refractivity contribution >= 4 is 0 Å². The maximum Gasteiger partial charge on any atom is 0.117 e. The fourth-order valence-electron chi connectivity index (χ4n) is 2.50. The lowest BCUT2D eigenvalue weighted by atomic mass is 9.79. The minimum absolute atomic E-state index is 0.284. The number of methoxy groups -OCH3 is 1. The molecule has 4 heteroatoms. The number of ether oxygens (including phenoxy) is 1. The molecule has 96 valence electrons. The number of rotatable bonds is 6. The molecule has 0 aliphatic carbocycles. The van der Waals surface area contributed by atoms with Gasteiger partial charge in [0.2, 0.25) is 0 Å². The van der Waals surface area contributed by atoms with E-state index < -0.39 is 0 Å². The Balaban J connectivity index is 1.80. The summed E-state index contributed by atoms with van der Waals surface area (Å²) in [7, 11) is 1.79. The summed E-state index contributed by atoms with van der Waals surface area (Å²) in [4.78, 5) is 0. The fraction of sp³-hybridized carbons (Fsp3) is 0.692. The zero-order valence-corrected chi connectivity index (χ0v) is 10.5. The second kappa shape index (κ2) is 6.19. The zero-order valence-electron chi connectivity index (χ0n) is 10.5. The van der Waals surface area contributed by atoms with E-state index in [1.54, 1.807) is 13.4 Å². The van der Waals surface area contributed by atoms with Gasteiger partial charge < -0.3 is 19.8 Å². The van der Waals surface area contributed by atoms with Crippen LogP contribution in [0.3, 0.4) is 0 Å².